The Hall–Kier alpha value is -3.49. The van der Waals surface area contributed by atoms with E-state index in [4.69, 9.17) is 9.94 Å². The lowest BCUT2D eigenvalue weighted by molar-refractivity contribution is -0.141. The first-order chi connectivity index (χ1) is 13.6. The van der Waals surface area contributed by atoms with Crippen LogP contribution in [-0.2, 0) is 18.5 Å². The fourth-order valence-electron chi connectivity index (χ4n) is 3.61. The molecule has 2 aliphatic rings. The van der Waals surface area contributed by atoms with Gasteiger partial charge >= 0.3 is 12.1 Å². The van der Waals surface area contributed by atoms with Crippen LogP contribution in [0.25, 0.3) is 0 Å². The summed E-state index contributed by atoms with van der Waals surface area (Å²) in [6, 6.07) is 10.8. The largest absolute Gasteiger partial charge is 0.463 e. The van der Waals surface area contributed by atoms with Crippen LogP contribution in [0.15, 0.2) is 46.5 Å². The van der Waals surface area contributed by atoms with Crippen molar-refractivity contribution in [2.75, 3.05) is 13.1 Å². The van der Waals surface area contributed by atoms with Gasteiger partial charge in [0.2, 0.25) is 0 Å². The Bertz CT molecular complexity index is 966. The first kappa shape index (κ1) is 17.9. The number of rotatable bonds is 5. The molecule has 1 aromatic heterocycles. The van der Waals surface area contributed by atoms with Gasteiger partial charge < -0.3 is 10.0 Å². The van der Waals surface area contributed by atoms with Gasteiger partial charge in [0.1, 0.15) is 18.7 Å². The predicted molar refractivity (Wildman–Crippen MR) is 96.6 cm³/mol. The van der Waals surface area contributed by atoms with Crippen molar-refractivity contribution in [2.24, 2.45) is 17.0 Å². The molecule has 2 aromatic rings. The van der Waals surface area contributed by atoms with Crippen molar-refractivity contribution in [1.82, 2.24) is 19.7 Å². The third-order valence-corrected chi connectivity index (χ3v) is 4.85. The van der Waals surface area contributed by atoms with Crippen molar-refractivity contribution in [3.05, 3.63) is 53.3 Å². The van der Waals surface area contributed by atoms with Crippen LogP contribution in [0, 0.1) is 0 Å². The first-order valence-electron chi connectivity index (χ1n) is 8.70. The second kappa shape index (κ2) is 7.26. The van der Waals surface area contributed by atoms with Gasteiger partial charge in [-0.15, -0.1) is 4.99 Å². The van der Waals surface area contributed by atoms with E-state index in [9.17, 15) is 9.59 Å². The molecule has 3 heterocycles. The topological polar surface area (TPSA) is 113 Å². The van der Waals surface area contributed by atoms with Crippen molar-refractivity contribution < 1.29 is 19.5 Å². The second-order valence-electron chi connectivity index (χ2n) is 6.50. The Balaban J connectivity index is 1.59. The van der Waals surface area contributed by atoms with Crippen LogP contribution in [-0.4, -0.2) is 56.1 Å². The molecule has 1 N–H and O–H groups in total. The van der Waals surface area contributed by atoms with Crippen LogP contribution >= 0.6 is 0 Å². The zero-order valence-electron chi connectivity index (χ0n) is 15.1. The number of carbonyl (C=O) groups is 2. The van der Waals surface area contributed by atoms with E-state index in [0.717, 1.165) is 16.8 Å². The Morgan fingerprint density at radius 1 is 1.39 bits per heavy atom. The minimum absolute atomic E-state index is 0.133. The Morgan fingerprint density at radius 2 is 2.18 bits per heavy atom. The molecule has 2 aliphatic heterocycles. The molecule has 10 heteroatoms. The summed E-state index contributed by atoms with van der Waals surface area (Å²) in [6.45, 7) is 0.859. The molecule has 2 atom stereocenters. The average molecular weight is 382 g/mol. The van der Waals surface area contributed by atoms with Gasteiger partial charge in [-0.3, -0.25) is 9.52 Å². The van der Waals surface area contributed by atoms with Crippen molar-refractivity contribution in [2.45, 2.75) is 18.7 Å². The van der Waals surface area contributed by atoms with Gasteiger partial charge in [0, 0.05) is 12.6 Å². The second-order valence-corrected chi connectivity index (χ2v) is 6.50. The minimum Gasteiger partial charge on any atom is -0.463 e. The summed E-state index contributed by atoms with van der Waals surface area (Å²) in [5.74, 6) is 0. The highest BCUT2D eigenvalue weighted by molar-refractivity contribution is 5.78. The monoisotopic (exact) mass is 382 g/mol. The van der Waals surface area contributed by atoms with Crippen LogP contribution in [0.1, 0.15) is 28.9 Å². The normalized spacial score (nSPS) is 20.0. The molecule has 0 radical (unpaired) electrons. The number of aromatic nitrogens is 2. The van der Waals surface area contributed by atoms with Crippen LogP contribution in [0.4, 0.5) is 9.59 Å². The van der Waals surface area contributed by atoms with Crippen molar-refractivity contribution >= 4 is 18.1 Å². The zero-order valence-corrected chi connectivity index (χ0v) is 15.1. The number of hydrogen-bond donors (Lipinski definition) is 1. The number of aliphatic imine (C=N–C) groups is 2. The summed E-state index contributed by atoms with van der Waals surface area (Å²) in [5.41, 5.74) is 2.70. The molecule has 0 spiro atoms. The molecule has 2 bridgehead atoms. The molecule has 2 unspecified atom stereocenters. The molecule has 28 heavy (non-hydrogen) atoms. The molecular weight excluding hydrogens is 364 g/mol. The average Bonchev–Trinajstić information content (AvgIpc) is 3.20. The highest BCUT2D eigenvalue weighted by atomic mass is 16.7. The van der Waals surface area contributed by atoms with Crippen LogP contribution in [0.2, 0.25) is 0 Å². The lowest BCUT2D eigenvalue weighted by Gasteiger charge is -2.29. The summed E-state index contributed by atoms with van der Waals surface area (Å²) < 4.78 is 1.71. The number of urea groups is 1. The fourth-order valence-corrected chi connectivity index (χ4v) is 3.61. The molecule has 144 valence electrons. The maximum absolute atomic E-state index is 13.0. The lowest BCUT2D eigenvalue weighted by Crippen LogP contribution is -2.36. The Labute approximate surface area is 160 Å². The van der Waals surface area contributed by atoms with Gasteiger partial charge in [-0.2, -0.15) is 10.2 Å². The number of hydrogen-bond acceptors (Lipinski definition) is 5. The summed E-state index contributed by atoms with van der Waals surface area (Å²) in [5, 5.41) is 14.3. The molecule has 10 nitrogen and oxygen atoms in total. The third kappa shape index (κ3) is 3.15. The number of carboxylic acid groups (broad SMARTS) is 1. The maximum atomic E-state index is 13.0. The molecular formula is C18H18N6O4. The predicted octanol–water partition coefficient (Wildman–Crippen LogP) is 2.24. The number of aryl methyl sites for hydroxylation is 1. The van der Waals surface area contributed by atoms with Gasteiger partial charge in [0.25, 0.3) is 0 Å². The van der Waals surface area contributed by atoms with Gasteiger partial charge in [0.05, 0.1) is 31.0 Å². The molecule has 1 aromatic carbocycles. The first-order valence-corrected chi connectivity index (χ1v) is 8.70. The quantitative estimate of drug-likeness (QED) is 0.797. The molecule has 1 fully saturated rings. The zero-order chi connectivity index (χ0) is 19.7. The van der Waals surface area contributed by atoms with Crippen molar-refractivity contribution in [3.63, 3.8) is 0 Å². The Kier molecular flexibility index (Phi) is 4.64. The SMILES string of the molecule is Cn1ncc2c1C(CN=C=NC(=O)O)N1CC2N(OCc2ccccc2)C1=O. The summed E-state index contributed by atoms with van der Waals surface area (Å²) >= 11 is 0. The van der Waals surface area contributed by atoms with E-state index in [0.29, 0.717) is 6.54 Å². The highest BCUT2D eigenvalue weighted by Gasteiger charge is 2.50. The Morgan fingerprint density at radius 3 is 2.93 bits per heavy atom. The fraction of sp³-hybridized carbons (Fsp3) is 0.333. The van der Waals surface area contributed by atoms with Crippen LogP contribution in [0.5, 0.6) is 0 Å². The number of hydroxylamine groups is 2. The van der Waals surface area contributed by atoms with E-state index in [1.54, 1.807) is 22.8 Å². The van der Waals surface area contributed by atoms with E-state index in [-0.39, 0.29) is 25.2 Å². The van der Waals surface area contributed by atoms with Crippen molar-refractivity contribution in [1.29, 1.82) is 0 Å². The number of nitrogens with zero attached hydrogens (tertiary/aromatic N) is 6. The van der Waals surface area contributed by atoms with E-state index in [1.165, 1.54) is 5.06 Å². The van der Waals surface area contributed by atoms with Crippen molar-refractivity contribution in [3.8, 4) is 0 Å². The van der Waals surface area contributed by atoms with E-state index in [1.807, 2.05) is 30.3 Å². The third-order valence-electron chi connectivity index (χ3n) is 4.85. The molecule has 4 rings (SSSR count). The summed E-state index contributed by atoms with van der Waals surface area (Å²) in [4.78, 5) is 37.9. The van der Waals surface area contributed by atoms with E-state index in [2.05, 4.69) is 21.1 Å². The molecule has 0 aliphatic carbocycles. The maximum Gasteiger partial charge on any atom is 0.440 e. The molecule has 3 amide bonds. The van der Waals surface area contributed by atoms with E-state index < -0.39 is 12.1 Å². The standard InChI is InChI=1S/C18H18N6O4/c1-22-16-13(7-21-22)15-9-23(14(16)8-19-11-20-17(25)26)18(27)24(15)28-10-12-5-3-2-4-6-12/h2-7,14-15H,8-10H2,1H3,(H,25,26). The van der Waals surface area contributed by atoms with Gasteiger partial charge in [-0.05, 0) is 5.56 Å². The summed E-state index contributed by atoms with van der Waals surface area (Å²) in [6.07, 6.45) is 0.364. The number of carbonyl (C=O) groups excluding carboxylic acids is 1. The van der Waals surface area contributed by atoms with Gasteiger partial charge in [0.15, 0.2) is 0 Å². The molecule has 0 saturated carbocycles. The smallest absolute Gasteiger partial charge is 0.440 e. The van der Waals surface area contributed by atoms with Gasteiger partial charge in [-0.25, -0.2) is 14.6 Å². The molecule has 1 saturated heterocycles. The number of benzene rings is 1. The minimum atomic E-state index is -1.37. The highest BCUT2D eigenvalue weighted by Crippen LogP contribution is 2.43. The number of amides is 3. The summed E-state index contributed by atoms with van der Waals surface area (Å²) in [7, 11) is 1.80. The van der Waals surface area contributed by atoms with Gasteiger partial charge in [-0.1, -0.05) is 30.3 Å². The van der Waals surface area contributed by atoms with Crippen LogP contribution < -0.4 is 0 Å². The van der Waals surface area contributed by atoms with E-state index >= 15 is 0 Å². The lowest BCUT2D eigenvalue weighted by atomic mass is 9.98. The van der Waals surface area contributed by atoms with Crippen LogP contribution in [0.3, 0.4) is 0 Å². The number of fused-ring (bicyclic) bond motifs is 4.